The molecule has 0 aliphatic carbocycles. The molecule has 0 saturated heterocycles. The van der Waals surface area contributed by atoms with E-state index in [1.807, 2.05) is 7.05 Å². The number of fused-ring (bicyclic) bond motifs is 1. The second-order valence-electron chi connectivity index (χ2n) is 3.81. The standard InChI is InChI=1S/C10H12N2O3/c1-12-3-2-8-6(5-12)4-7(10(14)15)9(13)11-8/h4H,2-3,5H2,1H3,(H,11,13)(H,14,15). The number of aromatic nitrogens is 1. The van der Waals surface area contributed by atoms with Gasteiger partial charge in [-0.05, 0) is 18.7 Å². The number of carbonyl (C=O) groups is 1. The second-order valence-corrected chi connectivity index (χ2v) is 3.81. The number of hydrogen-bond acceptors (Lipinski definition) is 3. The molecule has 1 aliphatic heterocycles. The van der Waals surface area contributed by atoms with E-state index in [9.17, 15) is 9.59 Å². The Morgan fingerprint density at radius 1 is 1.60 bits per heavy atom. The molecule has 0 radical (unpaired) electrons. The molecular formula is C10H12N2O3. The number of nitrogens with one attached hydrogen (secondary N) is 1. The average Bonchev–Trinajstić information content (AvgIpc) is 2.17. The minimum absolute atomic E-state index is 0.177. The summed E-state index contributed by atoms with van der Waals surface area (Å²) in [5.74, 6) is -1.17. The van der Waals surface area contributed by atoms with Crippen LogP contribution < -0.4 is 5.56 Å². The van der Waals surface area contributed by atoms with Gasteiger partial charge in [0, 0.05) is 25.2 Å². The summed E-state index contributed by atoms with van der Waals surface area (Å²) < 4.78 is 0. The van der Waals surface area contributed by atoms with Crippen LogP contribution in [-0.2, 0) is 13.0 Å². The Kier molecular flexibility index (Phi) is 2.32. The van der Waals surface area contributed by atoms with E-state index in [1.54, 1.807) is 0 Å². The molecule has 0 fully saturated rings. The number of H-pyrrole nitrogens is 1. The van der Waals surface area contributed by atoms with E-state index >= 15 is 0 Å². The molecule has 0 spiro atoms. The summed E-state index contributed by atoms with van der Waals surface area (Å²) in [6, 6.07) is 1.48. The molecule has 1 aliphatic rings. The molecule has 1 aromatic rings. The highest BCUT2D eigenvalue weighted by molar-refractivity contribution is 5.87. The first-order chi connectivity index (χ1) is 7.08. The number of likely N-dealkylation sites (N-methyl/N-ethyl adjacent to an activating group) is 1. The summed E-state index contributed by atoms with van der Waals surface area (Å²) >= 11 is 0. The van der Waals surface area contributed by atoms with Gasteiger partial charge in [0.2, 0.25) is 0 Å². The van der Waals surface area contributed by atoms with E-state index in [0.29, 0.717) is 6.54 Å². The molecule has 1 aromatic heterocycles. The lowest BCUT2D eigenvalue weighted by Crippen LogP contribution is -2.31. The lowest BCUT2D eigenvalue weighted by atomic mass is 10.0. The van der Waals surface area contributed by atoms with E-state index in [4.69, 9.17) is 5.11 Å². The fourth-order valence-electron chi connectivity index (χ4n) is 1.81. The van der Waals surface area contributed by atoms with Crippen molar-refractivity contribution in [3.05, 3.63) is 33.2 Å². The largest absolute Gasteiger partial charge is 0.477 e. The van der Waals surface area contributed by atoms with Crippen LogP contribution in [0.15, 0.2) is 10.9 Å². The van der Waals surface area contributed by atoms with Crippen molar-refractivity contribution in [1.82, 2.24) is 9.88 Å². The van der Waals surface area contributed by atoms with E-state index < -0.39 is 11.5 Å². The van der Waals surface area contributed by atoms with Gasteiger partial charge in [0.15, 0.2) is 0 Å². The first kappa shape index (κ1) is 9.92. The summed E-state index contributed by atoms with van der Waals surface area (Å²) in [5, 5.41) is 8.80. The molecule has 80 valence electrons. The number of carboxylic acids is 1. The number of hydrogen-bond donors (Lipinski definition) is 2. The van der Waals surface area contributed by atoms with Gasteiger partial charge in [-0.15, -0.1) is 0 Å². The first-order valence-corrected chi connectivity index (χ1v) is 4.75. The van der Waals surface area contributed by atoms with Gasteiger partial charge in [-0.1, -0.05) is 0 Å². The van der Waals surface area contributed by atoms with E-state index in [-0.39, 0.29) is 5.56 Å². The van der Waals surface area contributed by atoms with E-state index in [2.05, 4.69) is 9.88 Å². The number of aromatic carboxylic acids is 1. The zero-order chi connectivity index (χ0) is 11.0. The van der Waals surface area contributed by atoms with Crippen LogP contribution in [0.4, 0.5) is 0 Å². The summed E-state index contributed by atoms with van der Waals surface area (Å²) in [5.41, 5.74) is 1.08. The van der Waals surface area contributed by atoms with Gasteiger partial charge in [0.05, 0.1) is 0 Å². The number of aromatic amines is 1. The molecule has 2 heterocycles. The number of nitrogens with zero attached hydrogens (tertiary/aromatic N) is 1. The Morgan fingerprint density at radius 2 is 2.33 bits per heavy atom. The van der Waals surface area contributed by atoms with Crippen LogP contribution in [-0.4, -0.2) is 34.6 Å². The third-order valence-corrected chi connectivity index (χ3v) is 2.63. The van der Waals surface area contributed by atoms with Gasteiger partial charge in [0.25, 0.3) is 5.56 Å². The van der Waals surface area contributed by atoms with Gasteiger partial charge < -0.3 is 15.0 Å². The fourth-order valence-corrected chi connectivity index (χ4v) is 1.81. The molecular weight excluding hydrogens is 196 g/mol. The molecule has 0 unspecified atom stereocenters. The SMILES string of the molecule is CN1CCc2[nH]c(=O)c(C(=O)O)cc2C1. The quantitative estimate of drug-likeness (QED) is 0.684. The summed E-state index contributed by atoms with van der Waals surface area (Å²) in [6.07, 6.45) is 0.765. The van der Waals surface area contributed by atoms with Crippen molar-refractivity contribution < 1.29 is 9.90 Å². The maximum Gasteiger partial charge on any atom is 0.341 e. The van der Waals surface area contributed by atoms with Crippen molar-refractivity contribution in [2.75, 3.05) is 13.6 Å². The highest BCUT2D eigenvalue weighted by Crippen LogP contribution is 2.14. The summed E-state index contributed by atoms with van der Waals surface area (Å²) in [7, 11) is 1.97. The number of carboxylic acid groups (broad SMARTS) is 1. The van der Waals surface area contributed by atoms with Crippen molar-refractivity contribution in [3.8, 4) is 0 Å². The van der Waals surface area contributed by atoms with Crippen molar-refractivity contribution in [2.24, 2.45) is 0 Å². The van der Waals surface area contributed by atoms with Gasteiger partial charge in [0.1, 0.15) is 5.56 Å². The zero-order valence-corrected chi connectivity index (χ0v) is 8.41. The Labute approximate surface area is 86.3 Å². The maximum absolute atomic E-state index is 11.4. The molecule has 5 heteroatoms. The van der Waals surface area contributed by atoms with Crippen molar-refractivity contribution in [3.63, 3.8) is 0 Å². The topological polar surface area (TPSA) is 73.4 Å². The second kappa shape index (κ2) is 3.51. The molecule has 2 N–H and O–H groups in total. The third kappa shape index (κ3) is 1.78. The van der Waals surface area contributed by atoms with Gasteiger partial charge in [-0.2, -0.15) is 0 Å². The van der Waals surface area contributed by atoms with Crippen LogP contribution >= 0.6 is 0 Å². The summed E-state index contributed by atoms with van der Waals surface area (Å²) in [6.45, 7) is 1.57. The molecule has 0 bridgehead atoms. The minimum Gasteiger partial charge on any atom is -0.477 e. The van der Waals surface area contributed by atoms with Gasteiger partial charge in [-0.25, -0.2) is 4.79 Å². The highest BCUT2D eigenvalue weighted by Gasteiger charge is 2.18. The summed E-state index contributed by atoms with van der Waals surface area (Å²) in [4.78, 5) is 26.8. The molecule has 2 rings (SSSR count). The Hall–Kier alpha value is -1.62. The fraction of sp³-hybridized carbons (Fsp3) is 0.400. The zero-order valence-electron chi connectivity index (χ0n) is 8.41. The minimum atomic E-state index is -1.17. The highest BCUT2D eigenvalue weighted by atomic mass is 16.4. The Bertz CT molecular complexity index is 464. The molecule has 0 amide bonds. The van der Waals surface area contributed by atoms with Gasteiger partial charge >= 0.3 is 5.97 Å². The predicted octanol–water partition coefficient (Wildman–Crippen LogP) is 0.0610. The molecule has 5 nitrogen and oxygen atoms in total. The molecule has 0 atom stereocenters. The van der Waals surface area contributed by atoms with Crippen LogP contribution in [0.3, 0.4) is 0 Å². The Morgan fingerprint density at radius 3 is 3.00 bits per heavy atom. The van der Waals surface area contributed by atoms with Crippen LogP contribution in [0.1, 0.15) is 21.6 Å². The lowest BCUT2D eigenvalue weighted by Gasteiger charge is -2.24. The van der Waals surface area contributed by atoms with Crippen LogP contribution in [0, 0.1) is 0 Å². The Balaban J connectivity index is 2.52. The normalized spacial score (nSPS) is 16.1. The third-order valence-electron chi connectivity index (χ3n) is 2.63. The lowest BCUT2D eigenvalue weighted by molar-refractivity contribution is 0.0694. The van der Waals surface area contributed by atoms with E-state index in [1.165, 1.54) is 6.07 Å². The molecule has 0 saturated carbocycles. The monoisotopic (exact) mass is 208 g/mol. The van der Waals surface area contributed by atoms with Crippen LogP contribution in [0.25, 0.3) is 0 Å². The van der Waals surface area contributed by atoms with Crippen LogP contribution in [0.2, 0.25) is 0 Å². The maximum atomic E-state index is 11.4. The van der Waals surface area contributed by atoms with Crippen molar-refractivity contribution >= 4 is 5.97 Å². The average molecular weight is 208 g/mol. The van der Waals surface area contributed by atoms with Crippen molar-refractivity contribution in [1.29, 1.82) is 0 Å². The van der Waals surface area contributed by atoms with E-state index in [0.717, 1.165) is 24.2 Å². The predicted molar refractivity (Wildman–Crippen MR) is 54.1 cm³/mol. The van der Waals surface area contributed by atoms with Crippen LogP contribution in [0.5, 0.6) is 0 Å². The smallest absolute Gasteiger partial charge is 0.341 e. The number of rotatable bonds is 1. The number of pyridine rings is 1. The first-order valence-electron chi connectivity index (χ1n) is 4.75. The molecule has 0 aromatic carbocycles. The van der Waals surface area contributed by atoms with Gasteiger partial charge in [-0.3, -0.25) is 4.79 Å². The molecule has 15 heavy (non-hydrogen) atoms. The van der Waals surface area contributed by atoms with Crippen molar-refractivity contribution in [2.45, 2.75) is 13.0 Å².